The molecule has 26 heavy (non-hydrogen) atoms. The van der Waals surface area contributed by atoms with Crippen LogP contribution in [0.25, 0.3) is 0 Å². The van der Waals surface area contributed by atoms with E-state index in [0.717, 1.165) is 5.57 Å². The van der Waals surface area contributed by atoms with E-state index in [1.165, 1.54) is 24.3 Å². The van der Waals surface area contributed by atoms with E-state index in [2.05, 4.69) is 0 Å². The number of fused-ring (bicyclic) bond motifs is 5. The smallest absolute Gasteiger partial charge is 0.339 e. The number of carbonyl (C=O) groups excluding carboxylic acids is 1. The van der Waals surface area contributed by atoms with Gasteiger partial charge in [-0.3, -0.25) is 0 Å². The maximum absolute atomic E-state index is 12.7. The Morgan fingerprint density at radius 3 is 2.19 bits per heavy atom. The zero-order valence-electron chi connectivity index (χ0n) is 13.7. The third kappa shape index (κ3) is 1.78. The minimum atomic E-state index is -1.14. The normalized spacial score (nSPS) is 19.2. The van der Waals surface area contributed by atoms with Crippen LogP contribution in [0, 0.1) is 0 Å². The molecule has 6 heteroatoms. The molecule has 0 saturated carbocycles. The van der Waals surface area contributed by atoms with Crippen LogP contribution in [-0.2, 0) is 15.1 Å². The minimum absolute atomic E-state index is 0.0359. The van der Waals surface area contributed by atoms with Gasteiger partial charge in [-0.25, -0.2) is 4.79 Å². The molecule has 130 valence electrons. The number of hydrogen-bond acceptors (Lipinski definition) is 6. The van der Waals surface area contributed by atoms with Gasteiger partial charge in [0.2, 0.25) is 0 Å². The van der Waals surface area contributed by atoms with Crippen LogP contribution in [0.3, 0.4) is 0 Å². The van der Waals surface area contributed by atoms with Gasteiger partial charge in [-0.05, 0) is 48.8 Å². The van der Waals surface area contributed by atoms with Crippen molar-refractivity contribution in [3.05, 3.63) is 70.4 Å². The first-order chi connectivity index (χ1) is 12.5. The number of carbonyl (C=O) groups is 1. The number of esters is 1. The Hall–Kier alpha value is -3.41. The van der Waals surface area contributed by atoms with E-state index >= 15 is 0 Å². The zero-order valence-corrected chi connectivity index (χ0v) is 13.7. The molecule has 5 rings (SSSR count). The van der Waals surface area contributed by atoms with Gasteiger partial charge < -0.3 is 25.4 Å². The van der Waals surface area contributed by atoms with E-state index in [9.17, 15) is 15.0 Å². The summed E-state index contributed by atoms with van der Waals surface area (Å²) in [6.45, 7) is 0. The number of phenolic OH excluding ortho intramolecular Hbond substituents is 2. The molecule has 0 aromatic heterocycles. The maximum atomic E-state index is 12.7. The second-order valence-corrected chi connectivity index (χ2v) is 6.65. The Balaban J connectivity index is 1.87. The molecule has 2 heterocycles. The molecule has 0 amide bonds. The van der Waals surface area contributed by atoms with Crippen molar-refractivity contribution in [1.29, 1.82) is 0 Å². The Kier molecular flexibility index (Phi) is 2.76. The monoisotopic (exact) mass is 349 g/mol. The molecule has 3 aliphatic rings. The van der Waals surface area contributed by atoms with Crippen molar-refractivity contribution in [3.8, 4) is 23.0 Å². The number of benzene rings is 2. The molecule has 0 unspecified atom stereocenters. The lowest BCUT2D eigenvalue weighted by molar-refractivity contribution is -0.145. The number of hydrogen-bond donors (Lipinski definition) is 3. The summed E-state index contributed by atoms with van der Waals surface area (Å²) in [7, 11) is 0. The fraction of sp³-hybridized carbons (Fsp3) is 0.150. The molecule has 0 atom stereocenters. The molecule has 0 bridgehead atoms. The lowest BCUT2D eigenvalue weighted by atomic mass is 9.74. The van der Waals surface area contributed by atoms with Crippen LogP contribution in [-0.4, -0.2) is 16.2 Å². The van der Waals surface area contributed by atoms with Crippen LogP contribution < -0.4 is 10.5 Å². The number of nitrogens with two attached hydrogens (primary N) is 1. The van der Waals surface area contributed by atoms with Crippen molar-refractivity contribution in [2.24, 2.45) is 5.73 Å². The summed E-state index contributed by atoms with van der Waals surface area (Å²) in [5.41, 5.74) is 7.99. The Bertz CT molecular complexity index is 999. The second-order valence-electron chi connectivity index (χ2n) is 6.65. The van der Waals surface area contributed by atoms with Gasteiger partial charge in [0, 0.05) is 29.0 Å². The average molecular weight is 349 g/mol. The zero-order chi connectivity index (χ0) is 18.1. The lowest BCUT2D eigenvalue weighted by Gasteiger charge is -2.38. The quantitative estimate of drug-likeness (QED) is 0.632. The van der Waals surface area contributed by atoms with Crippen molar-refractivity contribution in [2.45, 2.75) is 18.4 Å². The fourth-order valence-corrected chi connectivity index (χ4v) is 4.02. The number of allylic oxidation sites excluding steroid dienone is 1. The van der Waals surface area contributed by atoms with E-state index in [4.69, 9.17) is 15.2 Å². The van der Waals surface area contributed by atoms with Gasteiger partial charge in [0.15, 0.2) is 5.60 Å². The number of aromatic hydroxyl groups is 2. The van der Waals surface area contributed by atoms with Crippen LogP contribution in [0.4, 0.5) is 0 Å². The first-order valence-electron chi connectivity index (χ1n) is 8.27. The van der Waals surface area contributed by atoms with Crippen molar-refractivity contribution in [1.82, 2.24) is 0 Å². The third-order valence-electron chi connectivity index (χ3n) is 5.12. The third-order valence-corrected chi connectivity index (χ3v) is 5.12. The van der Waals surface area contributed by atoms with E-state index in [0.29, 0.717) is 46.7 Å². The summed E-state index contributed by atoms with van der Waals surface area (Å²) in [6, 6.07) is 9.42. The van der Waals surface area contributed by atoms with Gasteiger partial charge in [0.25, 0.3) is 0 Å². The van der Waals surface area contributed by atoms with Gasteiger partial charge >= 0.3 is 5.97 Å². The summed E-state index contributed by atoms with van der Waals surface area (Å²) >= 11 is 0. The largest absolute Gasteiger partial charge is 0.508 e. The molecule has 0 fully saturated rings. The predicted molar refractivity (Wildman–Crippen MR) is 91.7 cm³/mol. The molecular formula is C20H15NO5. The van der Waals surface area contributed by atoms with E-state index < -0.39 is 11.6 Å². The van der Waals surface area contributed by atoms with Crippen LogP contribution in [0.1, 0.15) is 24.0 Å². The molecule has 4 N–H and O–H groups in total. The van der Waals surface area contributed by atoms with Crippen molar-refractivity contribution < 1.29 is 24.5 Å². The number of ether oxygens (including phenoxy) is 2. The summed E-state index contributed by atoms with van der Waals surface area (Å²) in [5, 5.41) is 19.7. The van der Waals surface area contributed by atoms with Gasteiger partial charge in [-0.1, -0.05) is 0 Å². The number of rotatable bonds is 0. The molecular weight excluding hydrogens is 334 g/mol. The maximum Gasteiger partial charge on any atom is 0.339 e. The van der Waals surface area contributed by atoms with Gasteiger partial charge in [0.1, 0.15) is 23.0 Å². The number of phenols is 2. The minimum Gasteiger partial charge on any atom is -0.508 e. The molecule has 2 aromatic rings. The highest BCUT2D eigenvalue weighted by Crippen LogP contribution is 2.58. The SMILES string of the molecule is NC1=CC2=C(CC1)C1(OC2=O)c2ccc(O)cc2Oc2cc(O)ccc21. The highest BCUT2D eigenvalue weighted by molar-refractivity contribution is 5.98. The first-order valence-corrected chi connectivity index (χ1v) is 8.27. The summed E-state index contributed by atoms with van der Waals surface area (Å²) < 4.78 is 11.8. The van der Waals surface area contributed by atoms with Gasteiger partial charge in [-0.15, -0.1) is 0 Å². The summed E-state index contributed by atoms with van der Waals surface area (Å²) in [6.07, 6.45) is 2.87. The molecule has 6 nitrogen and oxygen atoms in total. The highest BCUT2D eigenvalue weighted by Gasteiger charge is 2.54. The molecule has 0 saturated heterocycles. The topological polar surface area (TPSA) is 102 Å². The van der Waals surface area contributed by atoms with Crippen molar-refractivity contribution in [2.75, 3.05) is 0 Å². The van der Waals surface area contributed by atoms with Crippen LogP contribution in [0.15, 0.2) is 59.3 Å². The summed E-state index contributed by atoms with van der Waals surface area (Å²) in [5.74, 6) is 0.393. The Labute approximate surface area is 148 Å². The molecule has 2 aliphatic heterocycles. The van der Waals surface area contributed by atoms with Crippen molar-refractivity contribution >= 4 is 5.97 Å². The lowest BCUT2D eigenvalue weighted by Crippen LogP contribution is -2.34. The van der Waals surface area contributed by atoms with Crippen LogP contribution in [0.5, 0.6) is 23.0 Å². The Morgan fingerprint density at radius 2 is 1.58 bits per heavy atom. The highest BCUT2D eigenvalue weighted by atomic mass is 16.6. The van der Waals surface area contributed by atoms with E-state index in [1.54, 1.807) is 18.2 Å². The molecule has 1 spiro atoms. The Morgan fingerprint density at radius 1 is 0.962 bits per heavy atom. The van der Waals surface area contributed by atoms with Crippen LogP contribution >= 0.6 is 0 Å². The fourth-order valence-electron chi connectivity index (χ4n) is 4.02. The van der Waals surface area contributed by atoms with E-state index in [-0.39, 0.29) is 11.5 Å². The molecule has 0 radical (unpaired) electrons. The molecule has 1 aliphatic carbocycles. The van der Waals surface area contributed by atoms with Crippen molar-refractivity contribution in [3.63, 3.8) is 0 Å². The average Bonchev–Trinajstić information content (AvgIpc) is 2.87. The standard InChI is InChI=1S/C20H15NO5/c21-10-1-4-14-13(7-10)19(24)26-20(14)15-5-2-11(22)8-17(15)25-18-9-12(23)3-6-16(18)20/h2-3,5-9,22-23H,1,4,21H2. The van der Waals surface area contributed by atoms with Gasteiger partial charge in [0.05, 0.1) is 5.57 Å². The first kappa shape index (κ1) is 14.9. The van der Waals surface area contributed by atoms with Gasteiger partial charge in [-0.2, -0.15) is 0 Å². The summed E-state index contributed by atoms with van der Waals surface area (Å²) in [4.78, 5) is 12.7. The van der Waals surface area contributed by atoms with E-state index in [1.807, 2.05) is 0 Å². The molecule has 2 aromatic carbocycles. The predicted octanol–water partition coefficient (Wildman–Crippen LogP) is 2.94. The second kappa shape index (κ2) is 4.82. The van der Waals surface area contributed by atoms with Crippen LogP contribution in [0.2, 0.25) is 0 Å².